The fraction of sp³-hybridized carbons (Fsp3) is 0.263. The Kier molecular flexibility index (Phi) is 5.50. The number of hydrogen-bond acceptors (Lipinski definition) is 5. The van der Waals surface area contributed by atoms with Gasteiger partial charge in [-0.05, 0) is 31.2 Å². The van der Waals surface area contributed by atoms with E-state index in [-0.39, 0.29) is 12.5 Å². The Bertz CT molecular complexity index is 830. The molecule has 1 amide bonds. The summed E-state index contributed by atoms with van der Waals surface area (Å²) >= 11 is 1.60. The quantitative estimate of drug-likeness (QED) is 0.647. The van der Waals surface area contributed by atoms with E-state index in [0.717, 1.165) is 15.2 Å². The Morgan fingerprint density at radius 3 is 2.48 bits per heavy atom. The van der Waals surface area contributed by atoms with Crippen molar-refractivity contribution in [2.45, 2.75) is 13.5 Å². The fourth-order valence-electron chi connectivity index (χ4n) is 2.37. The second-order valence-corrected chi connectivity index (χ2v) is 6.61. The monoisotopic (exact) mass is 356 g/mol. The molecule has 130 valence electrons. The first kappa shape index (κ1) is 17.2. The van der Waals surface area contributed by atoms with Crippen molar-refractivity contribution in [1.82, 2.24) is 9.88 Å². The molecule has 0 N–H and O–H groups in total. The highest BCUT2D eigenvalue weighted by atomic mass is 32.1. The molecule has 0 fully saturated rings. The van der Waals surface area contributed by atoms with Crippen molar-refractivity contribution in [1.29, 1.82) is 0 Å². The van der Waals surface area contributed by atoms with Gasteiger partial charge in [0.05, 0.1) is 23.4 Å². The van der Waals surface area contributed by atoms with E-state index in [1.165, 1.54) is 0 Å². The summed E-state index contributed by atoms with van der Waals surface area (Å²) in [5.74, 6) is 1.11. The molecule has 1 aromatic heterocycles. The number of nitrogens with zero attached hydrogens (tertiary/aromatic N) is 2. The van der Waals surface area contributed by atoms with Crippen LogP contribution in [0.4, 0.5) is 0 Å². The van der Waals surface area contributed by atoms with Crippen LogP contribution in [0, 0.1) is 0 Å². The molecule has 5 nitrogen and oxygen atoms in total. The number of fused-ring (bicyclic) bond motifs is 1. The summed E-state index contributed by atoms with van der Waals surface area (Å²) in [6.45, 7) is 2.89. The molecule has 0 aliphatic rings. The van der Waals surface area contributed by atoms with E-state index in [2.05, 4.69) is 4.98 Å². The van der Waals surface area contributed by atoms with Crippen LogP contribution in [0.3, 0.4) is 0 Å². The molecule has 1 heterocycles. The van der Waals surface area contributed by atoms with Crippen molar-refractivity contribution < 1.29 is 14.3 Å². The predicted octanol–water partition coefficient (Wildman–Crippen LogP) is 3.73. The van der Waals surface area contributed by atoms with Crippen LogP contribution in [0.15, 0.2) is 48.5 Å². The van der Waals surface area contributed by atoms with Gasteiger partial charge in [0.25, 0.3) is 5.91 Å². The van der Waals surface area contributed by atoms with Crippen LogP contribution in [0.2, 0.25) is 0 Å². The van der Waals surface area contributed by atoms with Crippen molar-refractivity contribution in [2.75, 3.05) is 20.3 Å². The summed E-state index contributed by atoms with van der Waals surface area (Å²) in [6.07, 6.45) is 0. The third-order valence-corrected chi connectivity index (χ3v) is 4.66. The molecule has 3 rings (SSSR count). The molecule has 0 aliphatic carbocycles. The van der Waals surface area contributed by atoms with Crippen LogP contribution in [-0.2, 0) is 11.3 Å². The Hall–Kier alpha value is -2.60. The Balaban J connectivity index is 1.59. The summed E-state index contributed by atoms with van der Waals surface area (Å²) < 4.78 is 12.3. The van der Waals surface area contributed by atoms with E-state index in [1.807, 2.05) is 49.4 Å². The molecule has 0 spiro atoms. The number of ether oxygens (including phenoxy) is 2. The molecule has 0 bridgehead atoms. The molecule has 0 radical (unpaired) electrons. The topological polar surface area (TPSA) is 51.7 Å². The van der Waals surface area contributed by atoms with Crippen LogP contribution < -0.4 is 9.47 Å². The fourth-order valence-corrected chi connectivity index (χ4v) is 3.39. The highest BCUT2D eigenvalue weighted by molar-refractivity contribution is 7.18. The molecular weight excluding hydrogens is 336 g/mol. The van der Waals surface area contributed by atoms with Crippen LogP contribution in [0.25, 0.3) is 10.2 Å². The summed E-state index contributed by atoms with van der Waals surface area (Å²) in [4.78, 5) is 18.5. The van der Waals surface area contributed by atoms with Crippen molar-refractivity contribution in [3.63, 3.8) is 0 Å². The van der Waals surface area contributed by atoms with Crippen molar-refractivity contribution in [3.8, 4) is 11.5 Å². The van der Waals surface area contributed by atoms with Gasteiger partial charge >= 0.3 is 0 Å². The van der Waals surface area contributed by atoms with Crippen LogP contribution in [0.1, 0.15) is 11.9 Å². The summed E-state index contributed by atoms with van der Waals surface area (Å²) in [5.41, 5.74) is 0.963. The smallest absolute Gasteiger partial charge is 0.260 e. The number of carbonyl (C=O) groups is 1. The lowest BCUT2D eigenvalue weighted by molar-refractivity contribution is -0.132. The second kappa shape index (κ2) is 7.98. The lowest BCUT2D eigenvalue weighted by Crippen LogP contribution is -2.31. The minimum absolute atomic E-state index is 0.0362. The van der Waals surface area contributed by atoms with Gasteiger partial charge in [-0.15, -0.1) is 11.3 Å². The van der Waals surface area contributed by atoms with Gasteiger partial charge in [0.1, 0.15) is 5.01 Å². The number of rotatable bonds is 7. The van der Waals surface area contributed by atoms with E-state index in [9.17, 15) is 4.79 Å². The molecule has 0 atom stereocenters. The van der Waals surface area contributed by atoms with Gasteiger partial charge < -0.3 is 14.4 Å². The Morgan fingerprint density at radius 2 is 1.76 bits per heavy atom. The molecule has 3 aromatic rings. The van der Waals surface area contributed by atoms with Crippen LogP contribution in [0.5, 0.6) is 11.5 Å². The predicted molar refractivity (Wildman–Crippen MR) is 99.2 cm³/mol. The molecule has 25 heavy (non-hydrogen) atoms. The first-order chi connectivity index (χ1) is 12.2. The molecule has 2 aromatic carbocycles. The van der Waals surface area contributed by atoms with E-state index in [1.54, 1.807) is 29.4 Å². The third kappa shape index (κ3) is 4.28. The zero-order valence-corrected chi connectivity index (χ0v) is 15.1. The van der Waals surface area contributed by atoms with Crippen molar-refractivity contribution in [3.05, 3.63) is 53.5 Å². The van der Waals surface area contributed by atoms with Gasteiger partial charge in [-0.3, -0.25) is 4.79 Å². The van der Waals surface area contributed by atoms with Gasteiger partial charge in [-0.25, -0.2) is 4.98 Å². The molecule has 0 saturated heterocycles. The van der Waals surface area contributed by atoms with Gasteiger partial charge in [0.2, 0.25) is 0 Å². The van der Waals surface area contributed by atoms with Gasteiger partial charge in [0, 0.05) is 7.05 Å². The van der Waals surface area contributed by atoms with Crippen molar-refractivity contribution >= 4 is 27.5 Å². The number of likely N-dealkylation sites (N-methyl/N-ethyl adjacent to an activating group) is 1. The van der Waals surface area contributed by atoms with Crippen molar-refractivity contribution in [2.24, 2.45) is 0 Å². The maximum Gasteiger partial charge on any atom is 0.260 e. The van der Waals surface area contributed by atoms with Crippen LogP contribution in [-0.4, -0.2) is 36.1 Å². The summed E-state index contributed by atoms with van der Waals surface area (Å²) in [5, 5.41) is 0.909. The number of thiazole rings is 1. The molecule has 0 unspecified atom stereocenters. The molecule has 0 aliphatic heterocycles. The third-order valence-electron chi connectivity index (χ3n) is 3.64. The number of benzene rings is 2. The van der Waals surface area contributed by atoms with E-state index in [4.69, 9.17) is 9.47 Å². The number of aromatic nitrogens is 1. The second-order valence-electron chi connectivity index (χ2n) is 5.49. The van der Waals surface area contributed by atoms with E-state index >= 15 is 0 Å². The normalized spacial score (nSPS) is 10.6. The number of para-hydroxylation sites is 3. The molecule has 6 heteroatoms. The SMILES string of the molecule is CCOc1ccccc1OCC(=O)N(C)Cc1nc2ccccc2s1. The lowest BCUT2D eigenvalue weighted by Gasteiger charge is -2.17. The van der Waals surface area contributed by atoms with E-state index < -0.39 is 0 Å². The Morgan fingerprint density at radius 1 is 1.08 bits per heavy atom. The summed E-state index contributed by atoms with van der Waals surface area (Å²) in [7, 11) is 1.76. The number of carbonyl (C=O) groups excluding carboxylic acids is 1. The summed E-state index contributed by atoms with van der Waals surface area (Å²) in [6, 6.07) is 15.3. The highest BCUT2D eigenvalue weighted by Crippen LogP contribution is 2.26. The average molecular weight is 356 g/mol. The van der Waals surface area contributed by atoms with E-state index in [0.29, 0.717) is 24.7 Å². The Labute approximate surface area is 150 Å². The number of hydrogen-bond donors (Lipinski definition) is 0. The maximum absolute atomic E-state index is 12.3. The zero-order valence-electron chi connectivity index (χ0n) is 14.3. The molecular formula is C19H20N2O3S. The minimum Gasteiger partial charge on any atom is -0.490 e. The van der Waals surface area contributed by atoms with Crippen LogP contribution >= 0.6 is 11.3 Å². The first-order valence-electron chi connectivity index (χ1n) is 8.10. The highest BCUT2D eigenvalue weighted by Gasteiger charge is 2.14. The van der Waals surface area contributed by atoms with Gasteiger partial charge in [0.15, 0.2) is 18.1 Å². The zero-order chi connectivity index (χ0) is 17.6. The first-order valence-corrected chi connectivity index (χ1v) is 8.92. The average Bonchev–Trinajstić information content (AvgIpc) is 3.03. The molecule has 0 saturated carbocycles. The maximum atomic E-state index is 12.3. The lowest BCUT2D eigenvalue weighted by atomic mass is 10.3. The van der Waals surface area contributed by atoms with Gasteiger partial charge in [-0.2, -0.15) is 0 Å². The minimum atomic E-state index is -0.106. The van der Waals surface area contributed by atoms with Gasteiger partial charge in [-0.1, -0.05) is 24.3 Å². The largest absolute Gasteiger partial charge is 0.490 e. The standard InChI is InChI=1S/C19H20N2O3S/c1-3-23-15-9-5-6-10-16(15)24-13-19(22)21(2)12-18-20-14-8-4-7-11-17(14)25-18/h4-11H,3,12-13H2,1-2H3. The number of amides is 1.